The summed E-state index contributed by atoms with van der Waals surface area (Å²) in [6.45, 7) is 5.99. The maximum absolute atomic E-state index is 6.14. The molecule has 0 aliphatic carbocycles. The van der Waals surface area contributed by atoms with Crippen molar-refractivity contribution in [1.29, 1.82) is 0 Å². The Morgan fingerprint density at radius 3 is 2.81 bits per heavy atom. The zero-order valence-electron chi connectivity index (χ0n) is 13.5. The number of fused-ring (bicyclic) bond motifs is 1. The summed E-state index contributed by atoms with van der Waals surface area (Å²) in [5, 5.41) is 0. The van der Waals surface area contributed by atoms with Crippen molar-refractivity contribution in [2.24, 2.45) is 0 Å². The van der Waals surface area contributed by atoms with E-state index in [9.17, 15) is 0 Å². The molecule has 1 heterocycles. The van der Waals surface area contributed by atoms with E-state index < -0.39 is 0 Å². The van der Waals surface area contributed by atoms with Gasteiger partial charge in [-0.05, 0) is 52.5 Å². The number of nitrogens with zero attached hydrogens (tertiary/aromatic N) is 3. The number of imidazole rings is 1. The van der Waals surface area contributed by atoms with Crippen LogP contribution in [0.5, 0.6) is 5.75 Å². The fourth-order valence-electron chi connectivity index (χ4n) is 2.48. The highest BCUT2D eigenvalue weighted by Crippen LogP contribution is 2.30. The van der Waals surface area contributed by atoms with Gasteiger partial charge in [-0.15, -0.1) is 0 Å². The van der Waals surface area contributed by atoms with E-state index in [-0.39, 0.29) is 0 Å². The van der Waals surface area contributed by atoms with Gasteiger partial charge in [0.05, 0.1) is 12.1 Å². The molecule has 0 bridgehead atoms. The molecule has 0 radical (unpaired) electrons. The first-order chi connectivity index (χ1) is 10.0. The van der Waals surface area contributed by atoms with Crippen LogP contribution < -0.4 is 10.5 Å². The Kier molecular flexibility index (Phi) is 5.07. The van der Waals surface area contributed by atoms with Crippen LogP contribution in [0.3, 0.4) is 0 Å². The Balaban J connectivity index is 2.34. The van der Waals surface area contributed by atoms with Crippen molar-refractivity contribution in [2.45, 2.75) is 32.7 Å². The number of para-hydroxylation sites is 1. The lowest BCUT2D eigenvalue weighted by Gasteiger charge is -2.18. The predicted octanol–water partition coefficient (Wildman–Crippen LogP) is 2.92. The number of benzene rings is 1. The standard InChI is InChI=1S/C16H26N4O/c1-5-11-21-14-8-6-7-13-15(14)18-16(17)20(13)12(2)9-10-19(3)4/h6-8,12H,5,9-11H2,1-4H3,(H2,17,18). The van der Waals surface area contributed by atoms with Gasteiger partial charge in [-0.1, -0.05) is 13.0 Å². The third-order valence-corrected chi connectivity index (χ3v) is 3.61. The van der Waals surface area contributed by atoms with E-state index in [1.807, 2.05) is 12.1 Å². The van der Waals surface area contributed by atoms with E-state index in [4.69, 9.17) is 10.5 Å². The lowest BCUT2D eigenvalue weighted by molar-refractivity contribution is 0.320. The van der Waals surface area contributed by atoms with Crippen molar-refractivity contribution in [2.75, 3.05) is 33.0 Å². The van der Waals surface area contributed by atoms with Gasteiger partial charge in [0, 0.05) is 6.04 Å². The monoisotopic (exact) mass is 290 g/mol. The molecule has 1 aromatic heterocycles. The molecular formula is C16H26N4O. The summed E-state index contributed by atoms with van der Waals surface area (Å²) < 4.78 is 7.88. The second-order valence-electron chi connectivity index (χ2n) is 5.75. The number of aromatic nitrogens is 2. The summed E-state index contributed by atoms with van der Waals surface area (Å²) in [6.07, 6.45) is 2.01. The zero-order valence-corrected chi connectivity index (χ0v) is 13.5. The average molecular weight is 290 g/mol. The van der Waals surface area contributed by atoms with E-state index in [0.29, 0.717) is 18.6 Å². The van der Waals surface area contributed by atoms with Gasteiger partial charge in [0.25, 0.3) is 0 Å². The molecule has 0 saturated heterocycles. The highest BCUT2D eigenvalue weighted by Gasteiger charge is 2.16. The second kappa shape index (κ2) is 6.80. The Labute approximate surface area is 126 Å². The Morgan fingerprint density at radius 1 is 1.38 bits per heavy atom. The van der Waals surface area contributed by atoms with Gasteiger partial charge in [-0.3, -0.25) is 0 Å². The fraction of sp³-hybridized carbons (Fsp3) is 0.562. The molecule has 116 valence electrons. The van der Waals surface area contributed by atoms with E-state index in [1.54, 1.807) is 0 Å². The van der Waals surface area contributed by atoms with Crippen LogP contribution in [0.1, 0.15) is 32.7 Å². The number of ether oxygens (including phenoxy) is 1. The molecule has 1 unspecified atom stereocenters. The van der Waals surface area contributed by atoms with Crippen LogP contribution in [0, 0.1) is 0 Å². The topological polar surface area (TPSA) is 56.3 Å². The van der Waals surface area contributed by atoms with Gasteiger partial charge >= 0.3 is 0 Å². The minimum absolute atomic E-state index is 0.304. The summed E-state index contributed by atoms with van der Waals surface area (Å²) >= 11 is 0. The minimum Gasteiger partial charge on any atom is -0.491 e. The molecule has 0 aliphatic heterocycles. The molecule has 5 heteroatoms. The lowest BCUT2D eigenvalue weighted by Crippen LogP contribution is -2.18. The van der Waals surface area contributed by atoms with Crippen LogP contribution in [0.15, 0.2) is 18.2 Å². The van der Waals surface area contributed by atoms with E-state index >= 15 is 0 Å². The van der Waals surface area contributed by atoms with Gasteiger partial charge in [0.1, 0.15) is 11.3 Å². The van der Waals surface area contributed by atoms with Crippen LogP contribution in [-0.2, 0) is 0 Å². The van der Waals surface area contributed by atoms with Crippen LogP contribution in [0.2, 0.25) is 0 Å². The summed E-state index contributed by atoms with van der Waals surface area (Å²) in [6, 6.07) is 6.32. The SMILES string of the molecule is CCCOc1cccc2c1nc(N)n2C(C)CCN(C)C. The highest BCUT2D eigenvalue weighted by atomic mass is 16.5. The molecule has 0 saturated carbocycles. The zero-order chi connectivity index (χ0) is 15.4. The molecule has 1 aromatic carbocycles. The van der Waals surface area contributed by atoms with E-state index in [1.165, 1.54) is 0 Å². The summed E-state index contributed by atoms with van der Waals surface area (Å²) in [4.78, 5) is 6.70. The van der Waals surface area contributed by atoms with E-state index in [0.717, 1.165) is 36.2 Å². The number of nitrogens with two attached hydrogens (primary N) is 1. The summed E-state index contributed by atoms with van der Waals surface area (Å²) in [7, 11) is 4.16. The number of nitrogen functional groups attached to an aromatic ring is 1. The first-order valence-corrected chi connectivity index (χ1v) is 7.58. The minimum atomic E-state index is 0.304. The Bertz CT molecular complexity index is 591. The normalized spacial score (nSPS) is 13.0. The first-order valence-electron chi connectivity index (χ1n) is 7.58. The molecule has 2 rings (SSSR count). The van der Waals surface area contributed by atoms with Gasteiger partial charge in [-0.25, -0.2) is 4.98 Å². The summed E-state index contributed by atoms with van der Waals surface area (Å²) in [5.41, 5.74) is 8.05. The predicted molar refractivity (Wildman–Crippen MR) is 87.8 cm³/mol. The highest BCUT2D eigenvalue weighted by molar-refractivity contribution is 5.84. The maximum atomic E-state index is 6.14. The molecule has 0 fully saturated rings. The van der Waals surface area contributed by atoms with Crippen molar-refractivity contribution < 1.29 is 4.74 Å². The molecule has 2 aromatic rings. The first kappa shape index (κ1) is 15.6. The molecule has 0 aliphatic rings. The molecule has 0 spiro atoms. The maximum Gasteiger partial charge on any atom is 0.201 e. The Hall–Kier alpha value is -1.75. The Morgan fingerprint density at radius 2 is 2.14 bits per heavy atom. The molecule has 5 nitrogen and oxygen atoms in total. The largest absolute Gasteiger partial charge is 0.491 e. The van der Waals surface area contributed by atoms with Crippen molar-refractivity contribution in [3.05, 3.63) is 18.2 Å². The molecule has 0 amide bonds. The number of anilines is 1. The quantitative estimate of drug-likeness (QED) is 0.852. The van der Waals surface area contributed by atoms with Crippen LogP contribution >= 0.6 is 0 Å². The van der Waals surface area contributed by atoms with Gasteiger partial charge in [-0.2, -0.15) is 0 Å². The third kappa shape index (κ3) is 3.47. The van der Waals surface area contributed by atoms with Crippen LogP contribution in [0.25, 0.3) is 11.0 Å². The van der Waals surface area contributed by atoms with Crippen molar-refractivity contribution in [1.82, 2.24) is 14.5 Å². The molecular weight excluding hydrogens is 264 g/mol. The second-order valence-corrected chi connectivity index (χ2v) is 5.75. The summed E-state index contributed by atoms with van der Waals surface area (Å²) in [5.74, 6) is 1.38. The number of hydrogen-bond donors (Lipinski definition) is 1. The molecule has 1 atom stereocenters. The number of rotatable bonds is 7. The van der Waals surface area contributed by atoms with Crippen molar-refractivity contribution in [3.63, 3.8) is 0 Å². The van der Waals surface area contributed by atoms with E-state index in [2.05, 4.69) is 48.5 Å². The van der Waals surface area contributed by atoms with Gasteiger partial charge in [0.2, 0.25) is 5.95 Å². The molecule has 21 heavy (non-hydrogen) atoms. The van der Waals surface area contributed by atoms with Crippen LogP contribution in [0.4, 0.5) is 5.95 Å². The number of hydrogen-bond acceptors (Lipinski definition) is 4. The van der Waals surface area contributed by atoms with Crippen LogP contribution in [-0.4, -0.2) is 41.7 Å². The fourth-order valence-corrected chi connectivity index (χ4v) is 2.48. The van der Waals surface area contributed by atoms with Gasteiger partial charge in [0.15, 0.2) is 0 Å². The lowest BCUT2D eigenvalue weighted by atomic mass is 10.2. The third-order valence-electron chi connectivity index (χ3n) is 3.61. The van der Waals surface area contributed by atoms with Crippen molar-refractivity contribution >= 4 is 17.0 Å². The van der Waals surface area contributed by atoms with Crippen molar-refractivity contribution in [3.8, 4) is 5.75 Å². The smallest absolute Gasteiger partial charge is 0.201 e. The molecule has 2 N–H and O–H groups in total. The average Bonchev–Trinajstić information content (AvgIpc) is 2.79. The van der Waals surface area contributed by atoms with Gasteiger partial charge < -0.3 is 19.9 Å².